The number of hydrogen-bond acceptors (Lipinski definition) is 2. The van der Waals surface area contributed by atoms with Crippen molar-refractivity contribution in [1.82, 2.24) is 10.3 Å². The number of benzene rings is 2. The van der Waals surface area contributed by atoms with Crippen LogP contribution in [0.15, 0.2) is 60.8 Å². The van der Waals surface area contributed by atoms with Crippen LogP contribution in [0.5, 0.6) is 0 Å². The molecule has 0 spiro atoms. The van der Waals surface area contributed by atoms with Crippen molar-refractivity contribution >= 4 is 22.5 Å². The highest BCUT2D eigenvalue weighted by Crippen LogP contribution is 2.16. The molecule has 0 bridgehead atoms. The number of rotatable bonds is 5. The molecule has 0 aliphatic heterocycles. The van der Waals surface area contributed by atoms with Crippen molar-refractivity contribution in [3.05, 3.63) is 77.5 Å². The van der Waals surface area contributed by atoms with Gasteiger partial charge in [0.25, 0.3) is 0 Å². The molecule has 0 aliphatic carbocycles. The van der Waals surface area contributed by atoms with E-state index in [9.17, 15) is 0 Å². The summed E-state index contributed by atoms with van der Waals surface area (Å²) in [5, 5.41) is 4.70. The first-order valence-corrected chi connectivity index (χ1v) is 7.57. The zero-order valence-electron chi connectivity index (χ0n) is 11.7. The molecule has 3 aromatic rings. The van der Waals surface area contributed by atoms with Gasteiger partial charge >= 0.3 is 0 Å². The van der Waals surface area contributed by atoms with E-state index in [1.54, 1.807) is 0 Å². The standard InChI is InChI=1S/C18H17ClN2/c19-11-14-4-3-5-15(10-14)12-20-13-16-8-9-21-18-7-2-1-6-17(16)18/h1-10,20H,11-13H2. The van der Waals surface area contributed by atoms with Crippen molar-refractivity contribution in [2.24, 2.45) is 0 Å². The molecule has 1 N–H and O–H groups in total. The third-order valence-corrected chi connectivity index (χ3v) is 3.84. The van der Waals surface area contributed by atoms with Crippen LogP contribution < -0.4 is 5.32 Å². The average Bonchev–Trinajstić information content (AvgIpc) is 2.55. The molecule has 2 nitrogen and oxygen atoms in total. The van der Waals surface area contributed by atoms with Gasteiger partial charge in [-0.05, 0) is 28.8 Å². The van der Waals surface area contributed by atoms with Gasteiger partial charge in [-0.15, -0.1) is 11.6 Å². The molecule has 0 unspecified atom stereocenters. The van der Waals surface area contributed by atoms with Crippen LogP contribution in [-0.4, -0.2) is 4.98 Å². The van der Waals surface area contributed by atoms with Gasteiger partial charge in [0, 0.05) is 30.6 Å². The maximum Gasteiger partial charge on any atom is 0.0705 e. The number of aromatic nitrogens is 1. The summed E-state index contributed by atoms with van der Waals surface area (Å²) in [6.07, 6.45) is 1.87. The highest BCUT2D eigenvalue weighted by molar-refractivity contribution is 6.17. The summed E-state index contributed by atoms with van der Waals surface area (Å²) in [7, 11) is 0. The Kier molecular flexibility index (Phi) is 4.49. The van der Waals surface area contributed by atoms with E-state index in [1.165, 1.54) is 16.5 Å². The topological polar surface area (TPSA) is 24.9 Å². The largest absolute Gasteiger partial charge is 0.309 e. The molecule has 1 aromatic heterocycles. The fourth-order valence-corrected chi connectivity index (χ4v) is 2.64. The van der Waals surface area contributed by atoms with Gasteiger partial charge < -0.3 is 5.32 Å². The molecule has 0 radical (unpaired) electrons. The Labute approximate surface area is 129 Å². The third-order valence-electron chi connectivity index (χ3n) is 3.53. The minimum Gasteiger partial charge on any atom is -0.309 e. The Bertz CT molecular complexity index is 735. The summed E-state index contributed by atoms with van der Waals surface area (Å²) in [4.78, 5) is 4.39. The van der Waals surface area contributed by atoms with E-state index in [-0.39, 0.29) is 0 Å². The molecular formula is C18H17ClN2. The minimum atomic E-state index is 0.558. The summed E-state index contributed by atoms with van der Waals surface area (Å²) in [6, 6.07) is 18.7. The van der Waals surface area contributed by atoms with E-state index in [4.69, 9.17) is 11.6 Å². The normalized spacial score (nSPS) is 10.9. The van der Waals surface area contributed by atoms with Gasteiger partial charge in [0.1, 0.15) is 0 Å². The van der Waals surface area contributed by atoms with Crippen molar-refractivity contribution in [2.45, 2.75) is 19.0 Å². The molecule has 0 saturated carbocycles. The number of alkyl halides is 1. The average molecular weight is 297 g/mol. The lowest BCUT2D eigenvalue weighted by atomic mass is 10.1. The Morgan fingerprint density at radius 3 is 2.67 bits per heavy atom. The van der Waals surface area contributed by atoms with Crippen LogP contribution in [-0.2, 0) is 19.0 Å². The van der Waals surface area contributed by atoms with Gasteiger partial charge in [-0.25, -0.2) is 0 Å². The van der Waals surface area contributed by atoms with E-state index in [2.05, 4.69) is 46.7 Å². The second kappa shape index (κ2) is 6.70. The SMILES string of the molecule is ClCc1cccc(CNCc2ccnc3ccccc23)c1. The molecule has 3 rings (SSSR count). The first-order chi connectivity index (χ1) is 10.4. The maximum absolute atomic E-state index is 5.87. The van der Waals surface area contributed by atoms with Crippen LogP contribution in [0.4, 0.5) is 0 Å². The predicted molar refractivity (Wildman–Crippen MR) is 88.3 cm³/mol. The molecule has 0 aliphatic rings. The van der Waals surface area contributed by atoms with Crippen molar-refractivity contribution < 1.29 is 0 Å². The summed E-state index contributed by atoms with van der Waals surface area (Å²) in [5.41, 5.74) is 4.73. The molecule has 0 fully saturated rings. The predicted octanol–water partition coefficient (Wildman–Crippen LogP) is 4.26. The quantitative estimate of drug-likeness (QED) is 0.712. The molecule has 0 atom stereocenters. The molecule has 0 amide bonds. The van der Waals surface area contributed by atoms with Gasteiger partial charge in [0.05, 0.1) is 5.52 Å². The molecule has 1 heterocycles. The van der Waals surface area contributed by atoms with Gasteiger partial charge in [-0.3, -0.25) is 4.98 Å². The number of pyridine rings is 1. The lowest BCUT2D eigenvalue weighted by Crippen LogP contribution is -2.13. The summed E-state index contributed by atoms with van der Waals surface area (Å²) in [5.74, 6) is 0.558. The number of nitrogens with zero attached hydrogens (tertiary/aromatic N) is 1. The molecule has 3 heteroatoms. The Morgan fingerprint density at radius 2 is 1.76 bits per heavy atom. The van der Waals surface area contributed by atoms with E-state index >= 15 is 0 Å². The van der Waals surface area contributed by atoms with Crippen molar-refractivity contribution in [3.63, 3.8) is 0 Å². The summed E-state index contributed by atoms with van der Waals surface area (Å²) >= 11 is 5.87. The summed E-state index contributed by atoms with van der Waals surface area (Å²) < 4.78 is 0. The molecule has 21 heavy (non-hydrogen) atoms. The smallest absolute Gasteiger partial charge is 0.0705 e. The number of hydrogen-bond donors (Lipinski definition) is 1. The molecule has 106 valence electrons. The monoisotopic (exact) mass is 296 g/mol. The molecular weight excluding hydrogens is 280 g/mol. The maximum atomic E-state index is 5.87. The van der Waals surface area contributed by atoms with Crippen LogP contribution in [0.1, 0.15) is 16.7 Å². The summed E-state index contributed by atoms with van der Waals surface area (Å²) in [6.45, 7) is 1.66. The van der Waals surface area contributed by atoms with Crippen LogP contribution in [0.2, 0.25) is 0 Å². The fraction of sp³-hybridized carbons (Fsp3) is 0.167. The van der Waals surface area contributed by atoms with Crippen molar-refractivity contribution in [2.75, 3.05) is 0 Å². The van der Waals surface area contributed by atoms with E-state index in [1.807, 2.05) is 24.4 Å². The molecule has 0 saturated heterocycles. The van der Waals surface area contributed by atoms with Crippen LogP contribution in [0.3, 0.4) is 0 Å². The number of nitrogens with one attached hydrogen (secondary N) is 1. The Hall–Kier alpha value is -1.90. The Morgan fingerprint density at radius 1 is 0.905 bits per heavy atom. The van der Waals surface area contributed by atoms with Crippen molar-refractivity contribution in [1.29, 1.82) is 0 Å². The number of fused-ring (bicyclic) bond motifs is 1. The number of para-hydroxylation sites is 1. The zero-order chi connectivity index (χ0) is 14.5. The fourth-order valence-electron chi connectivity index (χ4n) is 2.47. The van der Waals surface area contributed by atoms with Gasteiger partial charge in [0.15, 0.2) is 0 Å². The molecule has 2 aromatic carbocycles. The highest BCUT2D eigenvalue weighted by Gasteiger charge is 2.01. The van der Waals surface area contributed by atoms with Crippen LogP contribution in [0, 0.1) is 0 Å². The zero-order valence-corrected chi connectivity index (χ0v) is 12.5. The van der Waals surface area contributed by atoms with E-state index in [0.717, 1.165) is 24.2 Å². The van der Waals surface area contributed by atoms with Crippen LogP contribution >= 0.6 is 11.6 Å². The van der Waals surface area contributed by atoms with Gasteiger partial charge in [0.2, 0.25) is 0 Å². The van der Waals surface area contributed by atoms with Crippen LogP contribution in [0.25, 0.3) is 10.9 Å². The van der Waals surface area contributed by atoms with Crippen molar-refractivity contribution in [3.8, 4) is 0 Å². The van der Waals surface area contributed by atoms with Gasteiger partial charge in [-0.2, -0.15) is 0 Å². The lowest BCUT2D eigenvalue weighted by Gasteiger charge is -2.08. The van der Waals surface area contributed by atoms with E-state index in [0.29, 0.717) is 5.88 Å². The first-order valence-electron chi connectivity index (χ1n) is 7.04. The third kappa shape index (κ3) is 3.41. The van der Waals surface area contributed by atoms with E-state index < -0.39 is 0 Å². The second-order valence-corrected chi connectivity index (χ2v) is 5.31. The minimum absolute atomic E-state index is 0.558. The first kappa shape index (κ1) is 14.1. The number of halogens is 1. The Balaban J connectivity index is 1.69. The lowest BCUT2D eigenvalue weighted by molar-refractivity contribution is 0.696. The highest BCUT2D eigenvalue weighted by atomic mass is 35.5. The van der Waals surface area contributed by atoms with Gasteiger partial charge in [-0.1, -0.05) is 42.5 Å². The second-order valence-electron chi connectivity index (χ2n) is 5.04.